The summed E-state index contributed by atoms with van der Waals surface area (Å²) < 4.78 is 29.6. The number of hydrogen-bond donors (Lipinski definition) is 1. The lowest BCUT2D eigenvalue weighted by atomic mass is 10.0. The predicted octanol–water partition coefficient (Wildman–Crippen LogP) is 7.50. The first-order chi connectivity index (χ1) is 22.5. The molecule has 1 saturated carbocycles. The van der Waals surface area contributed by atoms with Gasteiger partial charge in [0, 0.05) is 29.1 Å². The predicted molar refractivity (Wildman–Crippen MR) is 188 cm³/mol. The normalized spacial score (nSPS) is 14.0. The molecule has 0 radical (unpaired) electrons. The van der Waals surface area contributed by atoms with Gasteiger partial charge in [0.1, 0.15) is 12.6 Å². The average molecular weight is 693 g/mol. The molecule has 4 aromatic rings. The third kappa shape index (κ3) is 8.55. The number of nitrogens with zero attached hydrogens (tertiary/aromatic N) is 2. The van der Waals surface area contributed by atoms with Crippen LogP contribution in [0.1, 0.15) is 47.9 Å². The summed E-state index contributed by atoms with van der Waals surface area (Å²) in [7, 11) is -4.23. The van der Waals surface area contributed by atoms with E-state index in [1.807, 2.05) is 62.4 Å². The molecule has 0 spiro atoms. The molecule has 47 heavy (non-hydrogen) atoms. The van der Waals surface area contributed by atoms with Gasteiger partial charge in [0.15, 0.2) is 0 Å². The first-order valence-electron chi connectivity index (χ1n) is 15.8. The van der Waals surface area contributed by atoms with Crippen LogP contribution in [0.4, 0.5) is 5.69 Å². The Kier molecular flexibility index (Phi) is 11.3. The topological polar surface area (TPSA) is 86.8 Å². The van der Waals surface area contributed by atoms with Crippen molar-refractivity contribution in [3.05, 3.63) is 129 Å². The third-order valence-corrected chi connectivity index (χ3v) is 11.1. The van der Waals surface area contributed by atoms with Crippen LogP contribution in [-0.2, 0) is 32.6 Å². The average Bonchev–Trinajstić information content (AvgIpc) is 3.57. The van der Waals surface area contributed by atoms with Gasteiger partial charge in [-0.3, -0.25) is 13.9 Å². The summed E-state index contributed by atoms with van der Waals surface area (Å²) in [6.07, 6.45) is 4.06. The van der Waals surface area contributed by atoms with E-state index in [2.05, 4.69) is 5.32 Å². The highest BCUT2D eigenvalue weighted by Crippen LogP contribution is 2.28. The molecule has 1 aliphatic carbocycles. The van der Waals surface area contributed by atoms with Crippen molar-refractivity contribution in [2.24, 2.45) is 0 Å². The van der Waals surface area contributed by atoms with Crippen LogP contribution < -0.4 is 9.62 Å². The molecule has 0 heterocycles. The molecule has 2 amide bonds. The van der Waals surface area contributed by atoms with E-state index in [9.17, 15) is 18.0 Å². The molecule has 1 fully saturated rings. The number of carbonyl (C=O) groups excluding carboxylic acids is 2. The number of rotatable bonds is 12. The van der Waals surface area contributed by atoms with Gasteiger partial charge in [-0.25, -0.2) is 8.42 Å². The van der Waals surface area contributed by atoms with Crippen molar-refractivity contribution in [2.45, 2.75) is 69.5 Å². The van der Waals surface area contributed by atoms with E-state index in [1.54, 1.807) is 24.3 Å². The van der Waals surface area contributed by atoms with Gasteiger partial charge in [-0.05, 0) is 91.4 Å². The number of sulfonamides is 1. The SMILES string of the molecule is Cc1ccc(N(CC(=O)N(Cc2ccccc2Cl)C(Cc2ccccc2)C(=O)NC2CCCC2)S(=O)(=O)c2ccc(Cl)cc2)cc1C. The molecule has 5 rings (SSSR count). The van der Waals surface area contributed by atoms with Gasteiger partial charge >= 0.3 is 0 Å². The van der Waals surface area contributed by atoms with Crippen molar-refractivity contribution in [3.63, 3.8) is 0 Å². The van der Waals surface area contributed by atoms with Crippen LogP contribution in [0.15, 0.2) is 102 Å². The van der Waals surface area contributed by atoms with Crippen LogP contribution in [0.3, 0.4) is 0 Å². The maximum absolute atomic E-state index is 14.7. The Bertz CT molecular complexity index is 1810. The highest BCUT2D eigenvalue weighted by molar-refractivity contribution is 7.92. The van der Waals surface area contributed by atoms with Gasteiger partial charge < -0.3 is 10.2 Å². The molecular weight excluding hydrogens is 653 g/mol. The Morgan fingerprint density at radius 1 is 0.851 bits per heavy atom. The Labute approximate surface area is 287 Å². The monoisotopic (exact) mass is 691 g/mol. The first-order valence-corrected chi connectivity index (χ1v) is 18.0. The molecule has 1 N–H and O–H groups in total. The van der Waals surface area contributed by atoms with E-state index >= 15 is 0 Å². The molecule has 0 saturated heterocycles. The number of hydrogen-bond acceptors (Lipinski definition) is 4. The molecule has 7 nitrogen and oxygen atoms in total. The van der Waals surface area contributed by atoms with Crippen LogP contribution in [0.25, 0.3) is 0 Å². The molecule has 0 aromatic heterocycles. The smallest absolute Gasteiger partial charge is 0.264 e. The minimum atomic E-state index is -4.23. The number of aryl methyl sites for hydroxylation is 2. The van der Waals surface area contributed by atoms with E-state index in [1.165, 1.54) is 29.2 Å². The molecule has 0 aliphatic heterocycles. The fraction of sp³-hybridized carbons (Fsp3) is 0.297. The lowest BCUT2D eigenvalue weighted by Gasteiger charge is -2.34. The summed E-state index contributed by atoms with van der Waals surface area (Å²) in [6.45, 7) is 3.29. The molecule has 1 aliphatic rings. The summed E-state index contributed by atoms with van der Waals surface area (Å²) >= 11 is 12.7. The number of halogens is 2. The zero-order valence-electron chi connectivity index (χ0n) is 26.5. The van der Waals surface area contributed by atoms with E-state index < -0.39 is 28.5 Å². The van der Waals surface area contributed by atoms with Crippen molar-refractivity contribution in [2.75, 3.05) is 10.8 Å². The second-order valence-electron chi connectivity index (χ2n) is 12.0. The Morgan fingerprint density at radius 3 is 2.17 bits per heavy atom. The second kappa shape index (κ2) is 15.4. The molecule has 4 aromatic carbocycles. The minimum absolute atomic E-state index is 0.00889. The van der Waals surface area contributed by atoms with E-state index in [-0.39, 0.29) is 29.8 Å². The van der Waals surface area contributed by atoms with Crippen LogP contribution in [-0.4, -0.2) is 43.8 Å². The molecule has 1 atom stereocenters. The lowest BCUT2D eigenvalue weighted by molar-refractivity contribution is -0.140. The van der Waals surface area contributed by atoms with Crippen molar-refractivity contribution < 1.29 is 18.0 Å². The fourth-order valence-corrected chi connectivity index (χ4v) is 7.60. The standard InChI is InChI=1S/C37H39Cl2N3O4S/c1-26-16-19-32(22-27(26)2)42(47(45,46)33-20-17-30(38)18-21-33)25-36(43)41(24-29-12-6-9-15-34(29)39)35(23-28-10-4-3-5-11-28)37(44)40-31-13-7-8-14-31/h3-6,9-12,15-22,31,35H,7-8,13-14,23-25H2,1-2H3,(H,40,44). The van der Waals surface area contributed by atoms with Crippen LogP contribution in [0, 0.1) is 13.8 Å². The number of carbonyl (C=O) groups is 2. The Balaban J connectivity index is 1.58. The minimum Gasteiger partial charge on any atom is -0.352 e. The van der Waals surface area contributed by atoms with Crippen molar-refractivity contribution in [1.82, 2.24) is 10.2 Å². The summed E-state index contributed by atoms with van der Waals surface area (Å²) in [4.78, 5) is 30.3. The summed E-state index contributed by atoms with van der Waals surface area (Å²) in [5, 5.41) is 4.02. The zero-order chi connectivity index (χ0) is 33.6. The summed E-state index contributed by atoms with van der Waals surface area (Å²) in [5.74, 6) is -0.817. The maximum atomic E-state index is 14.7. The van der Waals surface area contributed by atoms with Gasteiger partial charge in [-0.1, -0.05) is 90.6 Å². The van der Waals surface area contributed by atoms with E-state index in [0.717, 1.165) is 46.7 Å². The molecular formula is C37H39Cl2N3O4S. The zero-order valence-corrected chi connectivity index (χ0v) is 28.9. The van der Waals surface area contributed by atoms with E-state index in [0.29, 0.717) is 21.3 Å². The van der Waals surface area contributed by atoms with Crippen molar-refractivity contribution in [3.8, 4) is 0 Å². The quantitative estimate of drug-likeness (QED) is 0.167. The van der Waals surface area contributed by atoms with E-state index in [4.69, 9.17) is 23.2 Å². The molecule has 1 unspecified atom stereocenters. The van der Waals surface area contributed by atoms with Crippen LogP contribution in [0.5, 0.6) is 0 Å². The molecule has 0 bridgehead atoms. The number of nitrogens with one attached hydrogen (secondary N) is 1. The number of benzene rings is 4. The van der Waals surface area contributed by atoms with Crippen molar-refractivity contribution >= 4 is 50.7 Å². The Morgan fingerprint density at radius 2 is 1.51 bits per heavy atom. The highest BCUT2D eigenvalue weighted by atomic mass is 35.5. The van der Waals surface area contributed by atoms with Gasteiger partial charge in [0.05, 0.1) is 10.6 Å². The van der Waals surface area contributed by atoms with Gasteiger partial charge in [0.2, 0.25) is 11.8 Å². The second-order valence-corrected chi connectivity index (χ2v) is 14.7. The largest absolute Gasteiger partial charge is 0.352 e. The lowest BCUT2D eigenvalue weighted by Crippen LogP contribution is -2.54. The molecule has 10 heteroatoms. The summed E-state index contributed by atoms with van der Waals surface area (Å²) in [5.41, 5.74) is 3.71. The number of amides is 2. The van der Waals surface area contributed by atoms with Crippen LogP contribution in [0.2, 0.25) is 10.0 Å². The van der Waals surface area contributed by atoms with Crippen LogP contribution >= 0.6 is 23.2 Å². The Hall–Kier alpha value is -3.85. The highest BCUT2D eigenvalue weighted by Gasteiger charge is 2.36. The molecule has 246 valence electrons. The van der Waals surface area contributed by atoms with Gasteiger partial charge in [0.25, 0.3) is 10.0 Å². The van der Waals surface area contributed by atoms with Gasteiger partial charge in [-0.15, -0.1) is 0 Å². The number of anilines is 1. The van der Waals surface area contributed by atoms with Gasteiger partial charge in [-0.2, -0.15) is 0 Å². The summed E-state index contributed by atoms with van der Waals surface area (Å²) in [6, 6.07) is 26.9. The fourth-order valence-electron chi connectivity index (χ4n) is 5.87. The third-order valence-electron chi connectivity index (χ3n) is 8.73. The first kappa shape index (κ1) is 34.5. The van der Waals surface area contributed by atoms with Crippen molar-refractivity contribution in [1.29, 1.82) is 0 Å². The maximum Gasteiger partial charge on any atom is 0.264 e.